The van der Waals surface area contributed by atoms with Crippen molar-refractivity contribution >= 4 is 31.3 Å². The maximum atomic E-state index is 13.1. The van der Waals surface area contributed by atoms with E-state index in [0.29, 0.717) is 16.7 Å². The first-order chi connectivity index (χ1) is 18.8. The maximum absolute atomic E-state index is 13.1. The lowest BCUT2D eigenvalue weighted by atomic mass is 9.94. The lowest BCUT2D eigenvalue weighted by Crippen LogP contribution is -2.36. The van der Waals surface area contributed by atoms with Crippen LogP contribution in [0.1, 0.15) is 11.1 Å². The number of hydrogen-bond donors (Lipinski definition) is 2. The molecule has 0 spiro atoms. The molecule has 0 bridgehead atoms. The van der Waals surface area contributed by atoms with Crippen molar-refractivity contribution in [3.05, 3.63) is 77.9 Å². The molecule has 0 aliphatic rings. The average Bonchev–Trinajstić information content (AvgIpc) is 2.88. The van der Waals surface area contributed by atoms with Gasteiger partial charge in [-0.05, 0) is 35.7 Å². The summed E-state index contributed by atoms with van der Waals surface area (Å²) >= 11 is 0. The third-order valence-electron chi connectivity index (χ3n) is 5.99. The highest BCUT2D eigenvalue weighted by Gasteiger charge is 2.28. The second-order valence-corrected chi connectivity index (χ2v) is 13.1. The SMILES string of the molecule is CS(=O)(=O)c1ccc(-c2cccc(CC(CS(=O)(=O)Cc3ccccc3OC(F)F)C(=O)NCC#N)c2N)cc1. The maximum Gasteiger partial charge on any atom is 0.387 e. The molecule has 0 heterocycles. The highest BCUT2D eigenvalue weighted by molar-refractivity contribution is 7.91. The van der Waals surface area contributed by atoms with Crippen molar-refractivity contribution in [1.29, 1.82) is 5.26 Å². The van der Waals surface area contributed by atoms with Crippen LogP contribution in [0, 0.1) is 17.2 Å². The van der Waals surface area contributed by atoms with E-state index >= 15 is 0 Å². The minimum Gasteiger partial charge on any atom is -0.435 e. The highest BCUT2D eigenvalue weighted by atomic mass is 32.2. The van der Waals surface area contributed by atoms with E-state index in [1.165, 1.54) is 36.4 Å². The molecule has 13 heteroatoms. The number of sulfone groups is 2. The molecular formula is C27H27F2N3O6S2. The second kappa shape index (κ2) is 12.9. The summed E-state index contributed by atoms with van der Waals surface area (Å²) in [5.74, 6) is -3.44. The van der Waals surface area contributed by atoms with Gasteiger partial charge in [0.2, 0.25) is 5.91 Å². The Bertz CT molecular complexity index is 1620. The van der Waals surface area contributed by atoms with Gasteiger partial charge in [-0.15, -0.1) is 0 Å². The van der Waals surface area contributed by atoms with Crippen molar-refractivity contribution in [1.82, 2.24) is 5.32 Å². The Balaban J connectivity index is 1.90. The number of para-hydroxylation sites is 2. The van der Waals surface area contributed by atoms with Crippen molar-refractivity contribution in [3.63, 3.8) is 0 Å². The molecule has 1 amide bonds. The summed E-state index contributed by atoms with van der Waals surface area (Å²) in [5.41, 5.74) is 8.30. The highest BCUT2D eigenvalue weighted by Crippen LogP contribution is 2.31. The first-order valence-electron chi connectivity index (χ1n) is 11.9. The number of nitrogen functional groups attached to an aromatic ring is 1. The molecule has 40 heavy (non-hydrogen) atoms. The number of nitrogens with two attached hydrogens (primary N) is 1. The van der Waals surface area contributed by atoms with Crippen LogP contribution >= 0.6 is 0 Å². The largest absolute Gasteiger partial charge is 0.435 e. The van der Waals surface area contributed by atoms with Gasteiger partial charge < -0.3 is 15.8 Å². The molecule has 3 aromatic carbocycles. The fraction of sp³-hybridized carbons (Fsp3) is 0.259. The van der Waals surface area contributed by atoms with Gasteiger partial charge in [0.25, 0.3) is 0 Å². The number of anilines is 1. The minimum atomic E-state index is -4.04. The number of carbonyl (C=O) groups excluding carboxylic acids is 1. The smallest absolute Gasteiger partial charge is 0.387 e. The summed E-state index contributed by atoms with van der Waals surface area (Å²) in [7, 11) is -7.45. The molecule has 0 fully saturated rings. The number of ether oxygens (including phenoxy) is 1. The summed E-state index contributed by atoms with van der Waals surface area (Å²) in [6.07, 6.45) is 0.986. The van der Waals surface area contributed by atoms with Gasteiger partial charge in [-0.1, -0.05) is 48.5 Å². The second-order valence-electron chi connectivity index (χ2n) is 8.99. The van der Waals surface area contributed by atoms with Crippen molar-refractivity contribution < 1.29 is 35.1 Å². The molecular weight excluding hydrogens is 564 g/mol. The Morgan fingerprint density at radius 1 is 1.00 bits per heavy atom. The van der Waals surface area contributed by atoms with Crippen molar-refractivity contribution in [2.45, 2.75) is 23.7 Å². The monoisotopic (exact) mass is 591 g/mol. The predicted octanol–water partition coefficient (Wildman–Crippen LogP) is 3.35. The number of rotatable bonds is 12. The summed E-state index contributed by atoms with van der Waals surface area (Å²) < 4.78 is 79.8. The van der Waals surface area contributed by atoms with E-state index in [1.54, 1.807) is 36.4 Å². The van der Waals surface area contributed by atoms with Crippen molar-refractivity contribution in [2.75, 3.05) is 24.3 Å². The van der Waals surface area contributed by atoms with Crippen LogP contribution in [-0.4, -0.2) is 47.9 Å². The first kappa shape index (κ1) is 30.5. The van der Waals surface area contributed by atoms with Gasteiger partial charge in [0.15, 0.2) is 19.7 Å². The number of alkyl halides is 2. The number of nitrogens with zero attached hydrogens (tertiary/aromatic N) is 1. The first-order valence-corrected chi connectivity index (χ1v) is 15.6. The van der Waals surface area contributed by atoms with Crippen molar-refractivity contribution in [3.8, 4) is 22.9 Å². The summed E-state index contributed by atoms with van der Waals surface area (Å²) in [4.78, 5) is 13.0. The third-order valence-corrected chi connectivity index (χ3v) is 8.78. The van der Waals surface area contributed by atoms with E-state index in [2.05, 4.69) is 10.1 Å². The van der Waals surface area contributed by atoms with Crippen LogP contribution in [0.4, 0.5) is 14.5 Å². The molecule has 0 aliphatic carbocycles. The normalized spacial score (nSPS) is 12.5. The zero-order chi connectivity index (χ0) is 29.5. The molecule has 0 saturated heterocycles. The van der Waals surface area contributed by atoms with Crippen LogP contribution in [0.2, 0.25) is 0 Å². The van der Waals surface area contributed by atoms with Gasteiger partial charge in [0.05, 0.1) is 28.4 Å². The molecule has 212 valence electrons. The number of benzene rings is 3. The summed E-state index contributed by atoms with van der Waals surface area (Å²) in [6.45, 7) is -3.49. The van der Waals surface area contributed by atoms with Crippen LogP contribution in [0.5, 0.6) is 5.75 Å². The number of halogens is 2. The summed E-state index contributed by atoms with van der Waals surface area (Å²) in [5, 5.41) is 11.3. The number of nitriles is 1. The van der Waals surface area contributed by atoms with Gasteiger partial charge in [0.1, 0.15) is 12.3 Å². The van der Waals surface area contributed by atoms with Crippen LogP contribution in [0.15, 0.2) is 71.6 Å². The Morgan fingerprint density at radius 3 is 2.27 bits per heavy atom. The van der Waals surface area contributed by atoms with Crippen LogP contribution in [-0.2, 0) is 36.6 Å². The molecule has 9 nitrogen and oxygen atoms in total. The topological polar surface area (TPSA) is 156 Å². The predicted molar refractivity (Wildman–Crippen MR) is 146 cm³/mol. The van der Waals surface area contributed by atoms with E-state index in [9.17, 15) is 30.4 Å². The fourth-order valence-electron chi connectivity index (χ4n) is 4.12. The number of nitrogens with one attached hydrogen (secondary N) is 1. The fourth-order valence-corrected chi connectivity index (χ4v) is 6.47. The lowest BCUT2D eigenvalue weighted by Gasteiger charge is -2.19. The Labute approximate surface area is 231 Å². The molecule has 3 aromatic rings. The molecule has 0 aliphatic heterocycles. The Hall–Kier alpha value is -4.02. The minimum absolute atomic E-state index is 0.0121. The lowest BCUT2D eigenvalue weighted by molar-refractivity contribution is -0.124. The van der Waals surface area contributed by atoms with Gasteiger partial charge >= 0.3 is 6.61 Å². The van der Waals surface area contributed by atoms with E-state index in [4.69, 9.17) is 11.0 Å². The molecule has 3 N–H and O–H groups in total. The van der Waals surface area contributed by atoms with E-state index in [0.717, 1.165) is 6.26 Å². The average molecular weight is 592 g/mol. The van der Waals surface area contributed by atoms with Crippen molar-refractivity contribution in [2.24, 2.45) is 5.92 Å². The summed E-state index contributed by atoms with van der Waals surface area (Å²) in [6, 6.07) is 18.3. The molecule has 1 unspecified atom stereocenters. The molecule has 0 aromatic heterocycles. The van der Waals surface area contributed by atoms with Gasteiger partial charge in [-0.25, -0.2) is 16.8 Å². The van der Waals surface area contributed by atoms with Crippen LogP contribution in [0.25, 0.3) is 11.1 Å². The van der Waals surface area contributed by atoms with Gasteiger partial charge in [0, 0.05) is 23.1 Å². The quantitative estimate of drug-likeness (QED) is 0.240. The van der Waals surface area contributed by atoms with Gasteiger partial charge in [-0.2, -0.15) is 14.0 Å². The third kappa shape index (κ3) is 8.24. The van der Waals surface area contributed by atoms with Crippen LogP contribution in [0.3, 0.4) is 0 Å². The standard InChI is InChI=1S/C27H27F2N3O6S2/c1-39(34,35)22-11-9-18(10-12-22)23-7-4-6-19(25(23)31)15-21(26(33)32-14-13-30)17-40(36,37)16-20-5-2-3-8-24(20)38-27(28)29/h2-12,21,27H,14-17,31H2,1H3,(H,32,33). The number of carbonyl (C=O) groups is 1. The number of hydrogen-bond acceptors (Lipinski definition) is 8. The Morgan fingerprint density at radius 2 is 1.65 bits per heavy atom. The zero-order valence-electron chi connectivity index (χ0n) is 21.4. The van der Waals surface area contributed by atoms with E-state index < -0.39 is 49.6 Å². The van der Waals surface area contributed by atoms with E-state index in [1.807, 2.05) is 0 Å². The van der Waals surface area contributed by atoms with Gasteiger partial charge in [-0.3, -0.25) is 4.79 Å². The molecule has 1 atom stereocenters. The zero-order valence-corrected chi connectivity index (χ0v) is 23.0. The number of amides is 1. The van der Waals surface area contributed by atoms with Crippen LogP contribution < -0.4 is 15.8 Å². The van der Waals surface area contributed by atoms with E-state index in [-0.39, 0.29) is 34.9 Å². The molecule has 0 radical (unpaired) electrons. The Kier molecular flexibility index (Phi) is 9.83. The molecule has 3 rings (SSSR count). The molecule has 0 saturated carbocycles.